The number of thioether (sulfide) groups is 1. The van der Waals surface area contributed by atoms with Crippen molar-refractivity contribution in [3.05, 3.63) is 59.4 Å². The van der Waals surface area contributed by atoms with Gasteiger partial charge in [0.1, 0.15) is 5.82 Å². The van der Waals surface area contributed by atoms with Gasteiger partial charge in [0.15, 0.2) is 16.7 Å². The van der Waals surface area contributed by atoms with Crippen LogP contribution in [0.3, 0.4) is 0 Å². The Morgan fingerprint density at radius 3 is 2.92 bits per heavy atom. The van der Waals surface area contributed by atoms with Crippen LogP contribution in [0.15, 0.2) is 52.6 Å². The zero-order valence-electron chi connectivity index (χ0n) is 12.7. The number of benzene rings is 2. The number of hydrogen-bond donors (Lipinski definition) is 1. The van der Waals surface area contributed by atoms with Crippen LogP contribution in [0.1, 0.15) is 11.1 Å². The number of rotatable bonds is 3. The maximum Gasteiger partial charge on any atom is 0.231 e. The molecule has 2 aromatic rings. The fourth-order valence-corrected chi connectivity index (χ4v) is 3.19. The van der Waals surface area contributed by atoms with Gasteiger partial charge in [-0.1, -0.05) is 30.0 Å². The molecule has 2 heterocycles. The van der Waals surface area contributed by atoms with E-state index in [1.165, 1.54) is 12.1 Å². The highest BCUT2D eigenvalue weighted by molar-refractivity contribution is 8.14. The largest absolute Gasteiger partial charge is 0.454 e. The van der Waals surface area contributed by atoms with Gasteiger partial charge in [-0.2, -0.15) is 5.10 Å². The first-order valence-corrected chi connectivity index (χ1v) is 8.41. The average molecular weight is 343 g/mol. The number of hydrogen-bond acceptors (Lipinski definition) is 5. The van der Waals surface area contributed by atoms with Crippen molar-refractivity contribution in [2.75, 3.05) is 12.5 Å². The third-order valence-electron chi connectivity index (χ3n) is 3.63. The molecule has 0 aromatic heterocycles. The maximum atomic E-state index is 13.3. The Balaban J connectivity index is 1.42. The van der Waals surface area contributed by atoms with Gasteiger partial charge >= 0.3 is 0 Å². The van der Waals surface area contributed by atoms with E-state index in [-0.39, 0.29) is 12.6 Å². The predicted octanol–water partition coefficient (Wildman–Crippen LogP) is 3.15. The van der Waals surface area contributed by atoms with Gasteiger partial charge < -0.3 is 9.47 Å². The van der Waals surface area contributed by atoms with Crippen molar-refractivity contribution in [1.82, 2.24) is 5.43 Å². The quantitative estimate of drug-likeness (QED) is 0.930. The lowest BCUT2D eigenvalue weighted by Crippen LogP contribution is -2.25. The Hall–Kier alpha value is -2.54. The molecule has 0 bridgehead atoms. The fraction of sp³-hybridized carbons (Fsp3) is 0.176. The number of nitrogens with one attached hydrogen (secondary N) is 1. The van der Waals surface area contributed by atoms with Crippen LogP contribution in [0.5, 0.6) is 11.5 Å². The fourth-order valence-electron chi connectivity index (χ4n) is 2.42. The molecular formula is C17H14FN3O2S. The maximum absolute atomic E-state index is 13.3. The summed E-state index contributed by atoms with van der Waals surface area (Å²) in [6.45, 7) is 0.791. The van der Waals surface area contributed by atoms with Crippen LogP contribution in [0.2, 0.25) is 0 Å². The molecule has 5 nitrogen and oxygen atoms in total. The molecule has 0 fully saturated rings. The van der Waals surface area contributed by atoms with Crippen molar-refractivity contribution in [1.29, 1.82) is 0 Å². The Labute approximate surface area is 142 Å². The highest BCUT2D eigenvalue weighted by atomic mass is 32.2. The van der Waals surface area contributed by atoms with Crippen molar-refractivity contribution in [3.8, 4) is 11.5 Å². The van der Waals surface area contributed by atoms with Crippen LogP contribution in [-0.4, -0.2) is 23.4 Å². The number of aliphatic imine (C=N–C) groups is 1. The lowest BCUT2D eigenvalue weighted by Gasteiger charge is -2.15. The molecule has 0 amide bonds. The number of nitrogens with zero attached hydrogens (tertiary/aromatic N) is 2. The van der Waals surface area contributed by atoms with Gasteiger partial charge in [0.2, 0.25) is 6.79 Å². The normalized spacial score (nSPS) is 17.5. The lowest BCUT2D eigenvalue weighted by atomic mass is 10.1. The molecule has 2 aliphatic rings. The van der Waals surface area contributed by atoms with Crippen molar-refractivity contribution < 1.29 is 13.9 Å². The molecule has 0 saturated heterocycles. The van der Waals surface area contributed by atoms with Crippen LogP contribution in [0, 0.1) is 5.82 Å². The topological polar surface area (TPSA) is 55.2 Å². The summed E-state index contributed by atoms with van der Waals surface area (Å²) in [6.07, 6.45) is 0. The van der Waals surface area contributed by atoms with Gasteiger partial charge in [0.05, 0.1) is 12.3 Å². The molecule has 0 aliphatic carbocycles. The number of fused-ring (bicyclic) bond motifs is 1. The average Bonchev–Trinajstić information content (AvgIpc) is 3.08. The molecular weight excluding hydrogens is 329 g/mol. The van der Waals surface area contributed by atoms with E-state index in [0.29, 0.717) is 12.3 Å². The summed E-state index contributed by atoms with van der Waals surface area (Å²) in [6, 6.07) is 12.2. The molecule has 0 radical (unpaired) electrons. The summed E-state index contributed by atoms with van der Waals surface area (Å²) in [4.78, 5) is 4.52. The first-order chi connectivity index (χ1) is 11.8. The molecule has 4 rings (SSSR count). The smallest absolute Gasteiger partial charge is 0.231 e. The van der Waals surface area contributed by atoms with E-state index in [1.807, 2.05) is 24.3 Å². The number of hydrazone groups is 1. The number of amidine groups is 1. The summed E-state index contributed by atoms with van der Waals surface area (Å²) in [5, 5.41) is 5.04. The molecule has 0 unspecified atom stereocenters. The second kappa shape index (κ2) is 6.52. The number of ether oxygens (including phenoxy) is 2. The summed E-state index contributed by atoms with van der Waals surface area (Å²) in [7, 11) is 0. The molecule has 24 heavy (non-hydrogen) atoms. The highest BCUT2D eigenvalue weighted by Gasteiger charge is 2.15. The molecule has 0 atom stereocenters. The van der Waals surface area contributed by atoms with Gasteiger partial charge in [-0.15, -0.1) is 0 Å². The van der Waals surface area contributed by atoms with Crippen LogP contribution in [0.4, 0.5) is 4.39 Å². The number of halogens is 1. The monoisotopic (exact) mass is 343 g/mol. The van der Waals surface area contributed by atoms with E-state index in [0.717, 1.165) is 33.5 Å². The second-order valence-electron chi connectivity index (χ2n) is 5.28. The van der Waals surface area contributed by atoms with E-state index in [4.69, 9.17) is 9.47 Å². The van der Waals surface area contributed by atoms with E-state index >= 15 is 0 Å². The molecule has 0 spiro atoms. The molecule has 122 valence electrons. The molecule has 1 N–H and O–H groups in total. The standard InChI is InChI=1S/C17H14FN3O2S/c18-13-3-1-2-12(7-13)14-9-24-17(21-20-14)19-8-11-4-5-15-16(6-11)23-10-22-15/h1-7H,8-10H2,(H,19,21). The zero-order valence-corrected chi connectivity index (χ0v) is 13.5. The Morgan fingerprint density at radius 1 is 1.17 bits per heavy atom. The summed E-state index contributed by atoms with van der Waals surface area (Å²) >= 11 is 1.55. The molecule has 2 aromatic carbocycles. The molecule has 7 heteroatoms. The molecule has 2 aliphatic heterocycles. The van der Waals surface area contributed by atoms with Gasteiger partial charge in [-0.05, 0) is 29.8 Å². The van der Waals surface area contributed by atoms with Crippen LogP contribution in [0.25, 0.3) is 0 Å². The van der Waals surface area contributed by atoms with Gasteiger partial charge in [0.25, 0.3) is 0 Å². The Bertz CT molecular complexity index is 838. The SMILES string of the molecule is Fc1cccc(C2=NNC(=NCc3ccc4c(c3)OCO4)SC2)c1. The molecule has 0 saturated carbocycles. The van der Waals surface area contributed by atoms with Crippen LogP contribution in [-0.2, 0) is 6.54 Å². The minimum atomic E-state index is -0.262. The van der Waals surface area contributed by atoms with Crippen molar-refractivity contribution in [2.24, 2.45) is 10.1 Å². The predicted molar refractivity (Wildman–Crippen MR) is 92.2 cm³/mol. The minimum Gasteiger partial charge on any atom is -0.454 e. The highest BCUT2D eigenvalue weighted by Crippen LogP contribution is 2.32. The van der Waals surface area contributed by atoms with E-state index < -0.39 is 0 Å². The van der Waals surface area contributed by atoms with Gasteiger partial charge in [0, 0.05) is 11.3 Å². The summed E-state index contributed by atoms with van der Waals surface area (Å²) < 4.78 is 23.9. The Morgan fingerprint density at radius 2 is 2.08 bits per heavy atom. The third kappa shape index (κ3) is 3.21. The minimum absolute atomic E-state index is 0.262. The van der Waals surface area contributed by atoms with Crippen molar-refractivity contribution in [3.63, 3.8) is 0 Å². The van der Waals surface area contributed by atoms with Crippen molar-refractivity contribution in [2.45, 2.75) is 6.54 Å². The van der Waals surface area contributed by atoms with E-state index in [1.54, 1.807) is 17.8 Å². The first kappa shape index (κ1) is 15.0. The van der Waals surface area contributed by atoms with E-state index in [9.17, 15) is 4.39 Å². The van der Waals surface area contributed by atoms with Crippen LogP contribution < -0.4 is 14.9 Å². The second-order valence-corrected chi connectivity index (χ2v) is 6.24. The summed E-state index contributed by atoms with van der Waals surface area (Å²) in [5.74, 6) is 1.91. The zero-order chi connectivity index (χ0) is 16.4. The van der Waals surface area contributed by atoms with Crippen molar-refractivity contribution >= 4 is 22.6 Å². The van der Waals surface area contributed by atoms with Gasteiger partial charge in [-0.3, -0.25) is 10.4 Å². The summed E-state index contributed by atoms with van der Waals surface area (Å²) in [5.41, 5.74) is 5.56. The van der Waals surface area contributed by atoms with Gasteiger partial charge in [-0.25, -0.2) is 4.39 Å². The lowest BCUT2D eigenvalue weighted by molar-refractivity contribution is 0.174. The van der Waals surface area contributed by atoms with E-state index in [2.05, 4.69) is 15.5 Å². The first-order valence-electron chi connectivity index (χ1n) is 7.42. The third-order valence-corrected chi connectivity index (χ3v) is 4.54. The Kier molecular flexibility index (Phi) is 4.08. The van der Waals surface area contributed by atoms with Crippen LogP contribution >= 0.6 is 11.8 Å².